The standard InChI is InChI=1S/C44H27N3S/c1-2-31-42(29-15-5-3-6-16-29)45-43(30-17-7-4-8-18-30)46-44(31)47-36-23-21-27-13-9-11-19-32(27)40(36)34-26-39-35(25-37(34)47)41-33-20-12-10-14-28(33)22-24-38(41)48-39/h2-26H,1H2. The molecule has 3 heterocycles. The molecule has 0 saturated carbocycles. The smallest absolute Gasteiger partial charge is 0.162 e. The molecule has 0 spiro atoms. The summed E-state index contributed by atoms with van der Waals surface area (Å²) in [6, 6.07) is 51.8. The van der Waals surface area contributed by atoms with Crippen LogP contribution in [0.5, 0.6) is 0 Å². The first-order valence-electron chi connectivity index (χ1n) is 16.1. The third kappa shape index (κ3) is 3.93. The quantitative estimate of drug-likeness (QED) is 0.194. The van der Waals surface area contributed by atoms with Gasteiger partial charge < -0.3 is 0 Å². The molecule has 7 aromatic carbocycles. The van der Waals surface area contributed by atoms with Gasteiger partial charge in [-0.1, -0.05) is 134 Å². The maximum atomic E-state index is 5.39. The zero-order chi connectivity index (χ0) is 31.8. The number of rotatable bonds is 4. The number of hydrogen-bond acceptors (Lipinski definition) is 3. The molecule has 3 aromatic heterocycles. The van der Waals surface area contributed by atoms with Gasteiger partial charge >= 0.3 is 0 Å². The van der Waals surface area contributed by atoms with Crippen molar-refractivity contribution in [2.24, 2.45) is 0 Å². The monoisotopic (exact) mass is 629 g/mol. The first-order valence-corrected chi connectivity index (χ1v) is 16.9. The first kappa shape index (κ1) is 27.1. The summed E-state index contributed by atoms with van der Waals surface area (Å²) in [6.45, 7) is 4.33. The molecule has 0 unspecified atom stereocenters. The predicted octanol–water partition coefficient (Wildman–Crippen LogP) is 12.2. The molecule has 0 N–H and O–H groups in total. The third-order valence-electron chi connectivity index (χ3n) is 9.56. The van der Waals surface area contributed by atoms with Gasteiger partial charge in [-0.3, -0.25) is 4.57 Å². The Bertz CT molecular complexity index is 2900. The minimum Gasteiger partial charge on any atom is -0.293 e. The fourth-order valence-corrected chi connectivity index (χ4v) is 8.54. The largest absolute Gasteiger partial charge is 0.293 e. The van der Waals surface area contributed by atoms with Crippen molar-refractivity contribution in [3.8, 4) is 28.5 Å². The summed E-state index contributed by atoms with van der Waals surface area (Å²) in [5.41, 5.74) is 5.97. The van der Waals surface area contributed by atoms with Crippen LogP contribution >= 0.6 is 11.3 Å². The van der Waals surface area contributed by atoms with E-state index in [9.17, 15) is 0 Å². The lowest BCUT2D eigenvalue weighted by Crippen LogP contribution is -2.06. The van der Waals surface area contributed by atoms with E-state index in [2.05, 4.69) is 132 Å². The Morgan fingerprint density at radius 1 is 0.521 bits per heavy atom. The molecule has 0 aliphatic heterocycles. The average Bonchev–Trinajstić information content (AvgIpc) is 3.69. The Morgan fingerprint density at radius 3 is 1.90 bits per heavy atom. The summed E-state index contributed by atoms with van der Waals surface area (Å²) in [4.78, 5) is 10.6. The lowest BCUT2D eigenvalue weighted by Gasteiger charge is -2.16. The molecule has 0 amide bonds. The van der Waals surface area contributed by atoms with Gasteiger partial charge in [0.1, 0.15) is 5.82 Å². The summed E-state index contributed by atoms with van der Waals surface area (Å²) in [6.07, 6.45) is 1.91. The minimum atomic E-state index is 0.680. The molecule has 0 aliphatic carbocycles. The van der Waals surface area contributed by atoms with Crippen molar-refractivity contribution in [2.45, 2.75) is 0 Å². The number of aromatic nitrogens is 3. The number of fused-ring (bicyclic) bond motifs is 10. The summed E-state index contributed by atoms with van der Waals surface area (Å²) in [5.74, 6) is 1.50. The van der Waals surface area contributed by atoms with Gasteiger partial charge in [0, 0.05) is 47.6 Å². The highest BCUT2D eigenvalue weighted by Gasteiger charge is 2.23. The Hall–Kier alpha value is -6.10. The molecule has 0 radical (unpaired) electrons. The summed E-state index contributed by atoms with van der Waals surface area (Å²) >= 11 is 1.87. The molecule has 0 fully saturated rings. The second-order valence-electron chi connectivity index (χ2n) is 12.2. The molecule has 0 saturated heterocycles. The Morgan fingerprint density at radius 2 is 1.17 bits per heavy atom. The van der Waals surface area contributed by atoms with Gasteiger partial charge in [-0.25, -0.2) is 9.97 Å². The number of hydrogen-bond donors (Lipinski definition) is 0. The van der Waals surface area contributed by atoms with Crippen LogP contribution < -0.4 is 0 Å². The van der Waals surface area contributed by atoms with Gasteiger partial charge in [0.25, 0.3) is 0 Å². The van der Waals surface area contributed by atoms with E-state index >= 15 is 0 Å². The van der Waals surface area contributed by atoms with Crippen LogP contribution in [0.1, 0.15) is 5.56 Å². The lowest BCUT2D eigenvalue weighted by molar-refractivity contribution is 1.04. The Labute approximate surface area is 280 Å². The molecule has 0 atom stereocenters. The first-order chi connectivity index (χ1) is 23.8. The zero-order valence-corrected chi connectivity index (χ0v) is 26.7. The molecule has 224 valence electrons. The van der Waals surface area contributed by atoms with Crippen molar-refractivity contribution < 1.29 is 0 Å². The highest BCUT2D eigenvalue weighted by Crippen LogP contribution is 2.45. The highest BCUT2D eigenvalue weighted by atomic mass is 32.1. The van der Waals surface area contributed by atoms with Gasteiger partial charge in [0.2, 0.25) is 0 Å². The molecule has 3 nitrogen and oxygen atoms in total. The fraction of sp³-hybridized carbons (Fsp3) is 0. The van der Waals surface area contributed by atoms with E-state index in [0.717, 1.165) is 39.2 Å². The molecule has 10 rings (SSSR count). The van der Waals surface area contributed by atoms with Crippen LogP contribution in [0.15, 0.2) is 152 Å². The maximum Gasteiger partial charge on any atom is 0.162 e. The summed E-state index contributed by atoms with van der Waals surface area (Å²) in [7, 11) is 0. The molecule has 10 aromatic rings. The number of benzene rings is 7. The predicted molar refractivity (Wildman–Crippen MR) is 205 cm³/mol. The fourth-order valence-electron chi connectivity index (χ4n) is 7.40. The number of nitrogens with zero attached hydrogens (tertiary/aromatic N) is 3. The van der Waals surface area contributed by atoms with E-state index in [1.165, 1.54) is 52.5 Å². The van der Waals surface area contributed by atoms with Crippen LogP contribution in [0.3, 0.4) is 0 Å². The van der Waals surface area contributed by atoms with Crippen molar-refractivity contribution in [2.75, 3.05) is 0 Å². The van der Waals surface area contributed by atoms with Crippen LogP contribution in [0, 0.1) is 0 Å². The van der Waals surface area contributed by atoms with Crippen molar-refractivity contribution >= 4 is 80.9 Å². The molecular weight excluding hydrogens is 603 g/mol. The van der Waals surface area contributed by atoms with Gasteiger partial charge in [0.05, 0.1) is 16.7 Å². The van der Waals surface area contributed by atoms with Gasteiger partial charge in [-0.05, 0) is 45.8 Å². The molecular formula is C44H27N3S. The number of thiophene rings is 1. The van der Waals surface area contributed by atoms with E-state index in [4.69, 9.17) is 9.97 Å². The van der Waals surface area contributed by atoms with Crippen LogP contribution in [-0.2, 0) is 0 Å². The maximum absolute atomic E-state index is 5.39. The van der Waals surface area contributed by atoms with Gasteiger partial charge in [0.15, 0.2) is 5.82 Å². The van der Waals surface area contributed by atoms with Crippen LogP contribution in [0.25, 0.3) is 98.1 Å². The van der Waals surface area contributed by atoms with Crippen LogP contribution in [0.4, 0.5) is 0 Å². The van der Waals surface area contributed by atoms with E-state index in [1.807, 2.05) is 41.7 Å². The van der Waals surface area contributed by atoms with Crippen LogP contribution in [-0.4, -0.2) is 14.5 Å². The zero-order valence-electron chi connectivity index (χ0n) is 25.9. The lowest BCUT2D eigenvalue weighted by atomic mass is 10.0. The normalized spacial score (nSPS) is 11.8. The van der Waals surface area contributed by atoms with Crippen molar-refractivity contribution in [1.29, 1.82) is 0 Å². The van der Waals surface area contributed by atoms with E-state index in [0.29, 0.717) is 5.82 Å². The van der Waals surface area contributed by atoms with Crippen molar-refractivity contribution in [3.05, 3.63) is 158 Å². The molecule has 4 heteroatoms. The summed E-state index contributed by atoms with van der Waals surface area (Å²) < 4.78 is 4.92. The third-order valence-corrected chi connectivity index (χ3v) is 10.7. The van der Waals surface area contributed by atoms with E-state index in [1.54, 1.807) is 0 Å². The molecule has 0 aliphatic rings. The SMILES string of the molecule is C=Cc1c(-c2ccccc2)nc(-c2ccccc2)nc1-n1c2cc3c(cc2c2c4ccccc4ccc21)sc1ccc2ccccc2c13. The van der Waals surface area contributed by atoms with Crippen LogP contribution in [0.2, 0.25) is 0 Å². The second-order valence-corrected chi connectivity index (χ2v) is 13.3. The summed E-state index contributed by atoms with van der Waals surface area (Å²) in [5, 5.41) is 9.97. The van der Waals surface area contributed by atoms with Crippen molar-refractivity contribution in [3.63, 3.8) is 0 Å². The average molecular weight is 630 g/mol. The topological polar surface area (TPSA) is 30.7 Å². The Balaban J connectivity index is 1.41. The van der Waals surface area contributed by atoms with E-state index < -0.39 is 0 Å². The van der Waals surface area contributed by atoms with Gasteiger partial charge in [-0.15, -0.1) is 11.3 Å². The molecule has 48 heavy (non-hydrogen) atoms. The Kier molecular flexibility index (Phi) is 5.90. The second kappa shape index (κ2) is 10.5. The molecule has 0 bridgehead atoms. The van der Waals surface area contributed by atoms with Gasteiger partial charge in [-0.2, -0.15) is 0 Å². The van der Waals surface area contributed by atoms with E-state index in [-0.39, 0.29) is 0 Å². The minimum absolute atomic E-state index is 0.680. The highest BCUT2D eigenvalue weighted by molar-refractivity contribution is 7.26. The van der Waals surface area contributed by atoms with Crippen molar-refractivity contribution in [1.82, 2.24) is 14.5 Å².